The molecule has 0 aromatic heterocycles. The maximum Gasteiger partial charge on any atom is 0.254 e. The maximum atomic E-state index is 15.4. The molecule has 13 nitrogen and oxygen atoms in total. The Morgan fingerprint density at radius 1 is 1.27 bits per heavy atom. The third-order valence-electron chi connectivity index (χ3n) is 8.47. The number of aromatic hydroxyl groups is 1. The van der Waals surface area contributed by atoms with Crippen LogP contribution >= 0.6 is 0 Å². The van der Waals surface area contributed by atoms with Gasteiger partial charge in [0.25, 0.3) is 5.91 Å². The van der Waals surface area contributed by atoms with Gasteiger partial charge in [-0.3, -0.25) is 24.2 Å². The van der Waals surface area contributed by atoms with E-state index in [-0.39, 0.29) is 36.2 Å². The number of hydrogen-bond donors (Lipinski definition) is 7. The van der Waals surface area contributed by atoms with E-state index >= 15 is 4.39 Å². The molecule has 0 unspecified atom stereocenters. The number of carbonyl (C=O) groups excluding carboxylic acids is 3. The number of allylic oxidation sites excluding steroid dienone is 1. The molecule has 1 heterocycles. The average molecular weight is 574 g/mol. The Morgan fingerprint density at radius 3 is 2.54 bits per heavy atom. The van der Waals surface area contributed by atoms with E-state index in [1.165, 1.54) is 4.90 Å². The zero-order valence-electron chi connectivity index (χ0n) is 22.5. The van der Waals surface area contributed by atoms with Gasteiger partial charge < -0.3 is 41.6 Å². The summed E-state index contributed by atoms with van der Waals surface area (Å²) in [5, 5.41) is 56.0. The summed E-state index contributed by atoms with van der Waals surface area (Å²) < 4.78 is 20.7. The van der Waals surface area contributed by atoms with Crippen LogP contribution in [0.5, 0.6) is 5.75 Å². The van der Waals surface area contributed by atoms with Crippen LogP contribution in [0.15, 0.2) is 28.7 Å². The number of nitrogens with zero attached hydrogens (tertiary/aromatic N) is 2. The Bertz CT molecular complexity index is 1430. The zero-order valence-corrected chi connectivity index (χ0v) is 22.5. The van der Waals surface area contributed by atoms with E-state index in [0.29, 0.717) is 26.3 Å². The van der Waals surface area contributed by atoms with Crippen LogP contribution in [-0.4, -0.2) is 112 Å². The van der Waals surface area contributed by atoms with Crippen molar-refractivity contribution >= 4 is 29.0 Å². The summed E-state index contributed by atoms with van der Waals surface area (Å²) in [7, 11) is 3.11. The number of aliphatic hydroxyl groups excluding tert-OH is 2. The van der Waals surface area contributed by atoms with Gasteiger partial charge in [-0.05, 0) is 32.9 Å². The number of hydrogen-bond acceptors (Lipinski definition) is 11. The average Bonchev–Trinajstić information content (AvgIpc) is 2.89. The standard InChI is InChI=1S/C27H32FN5O8/c1-32(2)20-13-8-11-7-12-14(28)9-15(31-16(34)10-33-3-5-41-6-4-33)21(35)18(12)22(36)17(11)25(38)27(13,40)24(29)19(23(20)37)26(30)39/h9,11,13,20,29,35,37-38,40H,3-8,10H2,1-2H3,(H2,30,39)(H,31,34)/t11-,13-,20-,27+/m0/s1. The molecule has 4 aliphatic rings. The van der Waals surface area contributed by atoms with Crippen LogP contribution in [0.2, 0.25) is 0 Å². The van der Waals surface area contributed by atoms with Crippen molar-refractivity contribution < 1.29 is 43.9 Å². The van der Waals surface area contributed by atoms with Gasteiger partial charge in [0.15, 0.2) is 17.1 Å². The summed E-state index contributed by atoms with van der Waals surface area (Å²) in [6, 6.07) is -0.141. The third-order valence-corrected chi connectivity index (χ3v) is 8.47. The van der Waals surface area contributed by atoms with Gasteiger partial charge in [0.2, 0.25) is 5.91 Å². The van der Waals surface area contributed by atoms with E-state index in [0.717, 1.165) is 6.07 Å². The number of ketones is 1. The first kappa shape index (κ1) is 28.7. The maximum absolute atomic E-state index is 15.4. The van der Waals surface area contributed by atoms with Gasteiger partial charge in [0, 0.05) is 36.2 Å². The van der Waals surface area contributed by atoms with Crippen LogP contribution in [0.1, 0.15) is 22.3 Å². The van der Waals surface area contributed by atoms with Crippen molar-refractivity contribution in [2.24, 2.45) is 17.6 Å². The summed E-state index contributed by atoms with van der Waals surface area (Å²) in [4.78, 5) is 41.9. The van der Waals surface area contributed by atoms with E-state index < -0.39 is 81.0 Å². The fourth-order valence-electron chi connectivity index (χ4n) is 6.57. The first-order chi connectivity index (χ1) is 19.3. The predicted molar refractivity (Wildman–Crippen MR) is 142 cm³/mol. The van der Waals surface area contributed by atoms with Crippen molar-refractivity contribution in [2.45, 2.75) is 24.5 Å². The number of benzene rings is 1. The molecule has 0 spiro atoms. The molecule has 0 saturated carbocycles. The highest BCUT2D eigenvalue weighted by atomic mass is 19.1. The highest BCUT2D eigenvalue weighted by molar-refractivity contribution is 6.26. The van der Waals surface area contributed by atoms with Crippen molar-refractivity contribution in [3.05, 3.63) is 45.7 Å². The van der Waals surface area contributed by atoms with Gasteiger partial charge in [-0.25, -0.2) is 4.39 Å². The van der Waals surface area contributed by atoms with E-state index in [1.54, 1.807) is 14.1 Å². The van der Waals surface area contributed by atoms with Gasteiger partial charge in [-0.1, -0.05) is 0 Å². The molecule has 4 atom stereocenters. The smallest absolute Gasteiger partial charge is 0.254 e. The summed E-state index contributed by atoms with van der Waals surface area (Å²) >= 11 is 0. The van der Waals surface area contributed by atoms with Crippen LogP contribution in [0.3, 0.4) is 0 Å². The molecule has 1 aliphatic heterocycles. The number of likely N-dealkylation sites (N-methyl/N-ethyl adjacent to an activating group) is 1. The minimum absolute atomic E-state index is 0.0460. The molecule has 14 heteroatoms. The van der Waals surface area contributed by atoms with Crippen LogP contribution in [-0.2, 0) is 20.7 Å². The largest absolute Gasteiger partial charge is 0.510 e. The lowest BCUT2D eigenvalue weighted by Crippen LogP contribution is -2.63. The number of fused-ring (bicyclic) bond motifs is 3. The van der Waals surface area contributed by atoms with Gasteiger partial charge in [0.1, 0.15) is 22.9 Å². The Kier molecular flexibility index (Phi) is 7.14. The molecule has 1 aromatic rings. The Balaban J connectivity index is 1.56. The number of halogens is 1. The lowest BCUT2D eigenvalue weighted by atomic mass is 9.58. The summed E-state index contributed by atoms with van der Waals surface area (Å²) in [6.07, 6.45) is -0.240. The molecule has 1 aromatic carbocycles. The first-order valence-corrected chi connectivity index (χ1v) is 13.1. The Morgan fingerprint density at radius 2 is 1.93 bits per heavy atom. The number of rotatable bonds is 5. The van der Waals surface area contributed by atoms with Crippen molar-refractivity contribution in [3.63, 3.8) is 0 Å². The van der Waals surface area contributed by atoms with E-state index in [1.807, 2.05) is 4.90 Å². The van der Waals surface area contributed by atoms with Gasteiger partial charge in [-0.15, -0.1) is 0 Å². The SMILES string of the molecule is CN(C)[C@@H]1C(O)=C(C(N)=O)C(=N)[C@@]2(O)C(O)=C3C(=O)c4c(O)c(NC(=O)CN5CCOCC5)cc(F)c4C[C@H]3C[C@@H]12. The number of nitrogens with two attached hydrogens (primary N) is 1. The second kappa shape index (κ2) is 10.2. The van der Waals surface area contributed by atoms with Crippen LogP contribution in [0, 0.1) is 23.1 Å². The zero-order chi connectivity index (χ0) is 30.0. The first-order valence-electron chi connectivity index (χ1n) is 13.1. The highest BCUT2D eigenvalue weighted by Gasteiger charge is 2.61. The monoisotopic (exact) mass is 573 g/mol. The van der Waals surface area contributed by atoms with E-state index in [9.17, 15) is 34.8 Å². The Hall–Kier alpha value is -3.85. The lowest BCUT2D eigenvalue weighted by molar-refractivity contribution is -0.118. The fourth-order valence-corrected chi connectivity index (χ4v) is 6.57. The number of morpholine rings is 1. The van der Waals surface area contributed by atoms with Crippen molar-refractivity contribution in [2.75, 3.05) is 52.3 Å². The minimum Gasteiger partial charge on any atom is -0.510 e. The topological polar surface area (TPSA) is 210 Å². The van der Waals surface area contributed by atoms with Gasteiger partial charge in [-0.2, -0.15) is 0 Å². The summed E-state index contributed by atoms with van der Waals surface area (Å²) in [6.45, 7) is 1.90. The summed E-state index contributed by atoms with van der Waals surface area (Å²) in [5.74, 6) is -7.74. The molecular formula is C27H32FN5O8. The fraction of sp³-hybridized carbons (Fsp3) is 0.481. The molecule has 5 rings (SSSR count). The molecule has 1 fully saturated rings. The number of aliphatic hydroxyl groups is 3. The normalized spacial score (nSPS) is 28.4. The van der Waals surface area contributed by atoms with Crippen molar-refractivity contribution in [1.82, 2.24) is 9.80 Å². The molecule has 220 valence electrons. The second-order valence-corrected chi connectivity index (χ2v) is 11.1. The Labute approximate surface area is 234 Å². The molecule has 1 saturated heterocycles. The lowest BCUT2D eigenvalue weighted by Gasteiger charge is -2.51. The molecule has 41 heavy (non-hydrogen) atoms. The number of carbonyl (C=O) groups is 3. The predicted octanol–water partition coefficient (Wildman–Crippen LogP) is -0.0189. The van der Waals surface area contributed by atoms with Gasteiger partial charge >= 0.3 is 0 Å². The van der Waals surface area contributed by atoms with E-state index in [2.05, 4.69) is 5.32 Å². The quantitative estimate of drug-likeness (QED) is 0.234. The minimum atomic E-state index is -2.58. The number of primary amides is 1. The van der Waals surface area contributed by atoms with Crippen molar-refractivity contribution in [1.29, 1.82) is 5.41 Å². The summed E-state index contributed by atoms with van der Waals surface area (Å²) in [5.41, 5.74) is -0.0265. The number of ether oxygens (including phenoxy) is 1. The number of phenolic OH excluding ortho intramolecular Hbond substituents is 1. The molecule has 0 radical (unpaired) electrons. The van der Waals surface area contributed by atoms with Crippen LogP contribution in [0.25, 0.3) is 0 Å². The number of anilines is 1. The second-order valence-electron chi connectivity index (χ2n) is 11.1. The molecule has 3 aliphatic carbocycles. The number of phenols is 1. The highest BCUT2D eigenvalue weighted by Crippen LogP contribution is 2.53. The van der Waals surface area contributed by atoms with E-state index in [4.69, 9.17) is 15.9 Å². The van der Waals surface area contributed by atoms with Gasteiger partial charge in [0.05, 0.1) is 42.8 Å². The van der Waals surface area contributed by atoms with Crippen LogP contribution in [0.4, 0.5) is 10.1 Å². The number of Topliss-reactive ketones (excluding diaryl/α,β-unsaturated/α-hetero) is 1. The number of amides is 2. The molecular weight excluding hydrogens is 541 g/mol. The van der Waals surface area contributed by atoms with Crippen molar-refractivity contribution in [3.8, 4) is 5.75 Å². The molecule has 2 amide bonds. The number of nitrogens with one attached hydrogen (secondary N) is 2. The molecule has 0 bridgehead atoms. The van der Waals surface area contributed by atoms with Crippen LogP contribution < -0.4 is 11.1 Å². The third kappa shape index (κ3) is 4.38. The molecule has 8 N–H and O–H groups in total.